The van der Waals surface area contributed by atoms with Crippen molar-refractivity contribution in [2.75, 3.05) is 14.2 Å². The SMILES string of the molecule is CC(=O)c1ccc(C(C)=O)cc1.COc1ccc(C(C)(C)C)cc1OC. The molecular weight excluding hydrogens is 328 g/mol. The molecule has 0 fully saturated rings. The quantitative estimate of drug-likeness (QED) is 0.716. The Hall–Kier alpha value is -2.62. The smallest absolute Gasteiger partial charge is 0.161 e. The maximum Gasteiger partial charge on any atom is 0.161 e. The van der Waals surface area contributed by atoms with Gasteiger partial charge in [-0.15, -0.1) is 0 Å². The summed E-state index contributed by atoms with van der Waals surface area (Å²) in [6.07, 6.45) is 0. The van der Waals surface area contributed by atoms with Gasteiger partial charge in [-0.25, -0.2) is 0 Å². The van der Waals surface area contributed by atoms with E-state index in [2.05, 4.69) is 26.8 Å². The number of carbonyl (C=O) groups excluding carboxylic acids is 2. The monoisotopic (exact) mass is 356 g/mol. The fraction of sp³-hybridized carbons (Fsp3) is 0.364. The summed E-state index contributed by atoms with van der Waals surface area (Å²) in [4.78, 5) is 21.7. The third kappa shape index (κ3) is 6.03. The second kappa shape index (κ2) is 9.18. The molecule has 2 rings (SSSR count). The van der Waals surface area contributed by atoms with Gasteiger partial charge in [0.25, 0.3) is 0 Å². The molecule has 0 aliphatic rings. The van der Waals surface area contributed by atoms with Crippen LogP contribution < -0.4 is 9.47 Å². The van der Waals surface area contributed by atoms with Gasteiger partial charge in [0.2, 0.25) is 0 Å². The van der Waals surface area contributed by atoms with Gasteiger partial charge in [0.15, 0.2) is 23.1 Å². The van der Waals surface area contributed by atoms with Gasteiger partial charge >= 0.3 is 0 Å². The van der Waals surface area contributed by atoms with Crippen LogP contribution >= 0.6 is 0 Å². The molecule has 26 heavy (non-hydrogen) atoms. The molecule has 0 unspecified atom stereocenters. The zero-order chi connectivity index (χ0) is 19.9. The molecule has 0 aliphatic heterocycles. The minimum Gasteiger partial charge on any atom is -0.493 e. The third-order valence-electron chi connectivity index (χ3n) is 3.95. The van der Waals surface area contributed by atoms with Crippen LogP contribution in [0.2, 0.25) is 0 Å². The van der Waals surface area contributed by atoms with E-state index >= 15 is 0 Å². The van der Waals surface area contributed by atoms with Gasteiger partial charge in [-0.2, -0.15) is 0 Å². The van der Waals surface area contributed by atoms with E-state index in [1.165, 1.54) is 19.4 Å². The third-order valence-corrected chi connectivity index (χ3v) is 3.95. The number of methoxy groups -OCH3 is 2. The fourth-order valence-corrected chi connectivity index (χ4v) is 2.24. The zero-order valence-corrected chi connectivity index (χ0v) is 16.7. The minimum absolute atomic E-state index is 0.0186. The average Bonchev–Trinajstić information content (AvgIpc) is 2.60. The Labute approximate surface area is 156 Å². The number of hydrogen-bond donors (Lipinski definition) is 0. The van der Waals surface area contributed by atoms with Gasteiger partial charge in [-0.1, -0.05) is 51.1 Å². The van der Waals surface area contributed by atoms with Crippen LogP contribution in [-0.4, -0.2) is 25.8 Å². The predicted molar refractivity (Wildman–Crippen MR) is 105 cm³/mol. The first-order chi connectivity index (χ1) is 12.1. The maximum atomic E-state index is 10.8. The Bertz CT molecular complexity index is 720. The normalized spacial score (nSPS) is 10.4. The topological polar surface area (TPSA) is 52.6 Å². The largest absolute Gasteiger partial charge is 0.493 e. The molecule has 0 aromatic heterocycles. The van der Waals surface area contributed by atoms with Gasteiger partial charge in [0.05, 0.1) is 14.2 Å². The van der Waals surface area contributed by atoms with E-state index in [0.717, 1.165) is 11.5 Å². The summed E-state index contributed by atoms with van der Waals surface area (Å²) >= 11 is 0. The number of Topliss-reactive ketones (excluding diaryl/α,β-unsaturated/α-hetero) is 2. The van der Waals surface area contributed by atoms with Gasteiger partial charge < -0.3 is 9.47 Å². The van der Waals surface area contributed by atoms with E-state index < -0.39 is 0 Å². The minimum atomic E-state index is 0.0186. The number of ether oxygens (including phenoxy) is 2. The van der Waals surface area contributed by atoms with Crippen molar-refractivity contribution in [1.82, 2.24) is 0 Å². The molecular formula is C22H28O4. The van der Waals surface area contributed by atoms with Crippen LogP contribution in [0, 0.1) is 0 Å². The molecule has 0 amide bonds. The molecule has 0 spiro atoms. The first-order valence-electron chi connectivity index (χ1n) is 8.44. The lowest BCUT2D eigenvalue weighted by molar-refractivity contribution is 0.100. The summed E-state index contributed by atoms with van der Waals surface area (Å²) in [5.41, 5.74) is 2.66. The van der Waals surface area contributed by atoms with E-state index in [1.807, 2.05) is 12.1 Å². The molecule has 0 radical (unpaired) electrons. The van der Waals surface area contributed by atoms with Crippen molar-refractivity contribution in [3.8, 4) is 11.5 Å². The van der Waals surface area contributed by atoms with Gasteiger partial charge in [0.1, 0.15) is 0 Å². The number of hydrogen-bond acceptors (Lipinski definition) is 4. The molecule has 4 heteroatoms. The Morgan fingerprint density at radius 2 is 1.15 bits per heavy atom. The Morgan fingerprint density at radius 3 is 1.46 bits per heavy atom. The van der Waals surface area contributed by atoms with Crippen LogP contribution in [0.1, 0.15) is 60.9 Å². The van der Waals surface area contributed by atoms with Gasteiger partial charge in [-0.3, -0.25) is 9.59 Å². The summed E-state index contributed by atoms with van der Waals surface area (Å²) in [5.74, 6) is 1.61. The molecule has 0 saturated carbocycles. The lowest BCUT2D eigenvalue weighted by Gasteiger charge is -2.20. The van der Waals surface area contributed by atoms with Crippen molar-refractivity contribution in [3.63, 3.8) is 0 Å². The maximum absolute atomic E-state index is 10.8. The molecule has 2 aromatic rings. The highest BCUT2D eigenvalue weighted by Gasteiger charge is 2.15. The molecule has 0 heterocycles. The number of ketones is 2. The molecule has 0 aliphatic carbocycles. The van der Waals surface area contributed by atoms with Crippen LogP contribution in [0.5, 0.6) is 11.5 Å². The van der Waals surface area contributed by atoms with Crippen molar-refractivity contribution >= 4 is 11.6 Å². The average molecular weight is 356 g/mol. The van der Waals surface area contributed by atoms with Crippen molar-refractivity contribution in [2.45, 2.75) is 40.0 Å². The second-order valence-electron chi connectivity index (χ2n) is 7.01. The highest BCUT2D eigenvalue weighted by molar-refractivity contribution is 5.97. The van der Waals surface area contributed by atoms with Gasteiger partial charge in [0, 0.05) is 11.1 Å². The van der Waals surface area contributed by atoms with E-state index in [0.29, 0.717) is 11.1 Å². The van der Waals surface area contributed by atoms with Crippen molar-refractivity contribution < 1.29 is 19.1 Å². The Morgan fingerprint density at radius 1 is 0.731 bits per heavy atom. The first-order valence-corrected chi connectivity index (χ1v) is 8.44. The molecule has 0 saturated heterocycles. The second-order valence-corrected chi connectivity index (χ2v) is 7.01. The zero-order valence-electron chi connectivity index (χ0n) is 16.7. The highest BCUT2D eigenvalue weighted by atomic mass is 16.5. The Kier molecular flexibility index (Phi) is 7.56. The van der Waals surface area contributed by atoms with E-state index in [9.17, 15) is 9.59 Å². The van der Waals surface area contributed by atoms with Crippen LogP contribution in [0.4, 0.5) is 0 Å². The highest BCUT2D eigenvalue weighted by Crippen LogP contribution is 2.32. The van der Waals surface area contributed by atoms with E-state index in [4.69, 9.17) is 9.47 Å². The Balaban J connectivity index is 0.000000263. The molecule has 0 atom stereocenters. The van der Waals surface area contributed by atoms with E-state index in [1.54, 1.807) is 38.5 Å². The molecule has 4 nitrogen and oxygen atoms in total. The number of carbonyl (C=O) groups is 2. The lowest BCUT2D eigenvalue weighted by Crippen LogP contribution is -2.11. The standard InChI is InChI=1S/C12H18O2.C10H10O2/c1-12(2,3)9-6-7-10(13-4)11(8-9)14-5;1-7(11)9-3-5-10(6-4-9)8(2)12/h6-8H,1-5H3;3-6H,1-2H3. The molecule has 0 bridgehead atoms. The molecule has 0 N–H and O–H groups in total. The van der Waals surface area contributed by atoms with Crippen LogP contribution in [0.25, 0.3) is 0 Å². The van der Waals surface area contributed by atoms with Crippen LogP contribution in [0.15, 0.2) is 42.5 Å². The molecule has 2 aromatic carbocycles. The number of benzene rings is 2. The summed E-state index contributed by atoms with van der Waals surface area (Å²) < 4.78 is 10.4. The fourth-order valence-electron chi connectivity index (χ4n) is 2.24. The molecule has 140 valence electrons. The summed E-state index contributed by atoms with van der Waals surface area (Å²) in [7, 11) is 3.30. The summed E-state index contributed by atoms with van der Waals surface area (Å²) in [6, 6.07) is 12.7. The predicted octanol–water partition coefficient (Wildman–Crippen LogP) is 5.09. The summed E-state index contributed by atoms with van der Waals surface area (Å²) in [6.45, 7) is 9.53. The van der Waals surface area contributed by atoms with Crippen molar-refractivity contribution in [2.24, 2.45) is 0 Å². The van der Waals surface area contributed by atoms with E-state index in [-0.39, 0.29) is 17.0 Å². The van der Waals surface area contributed by atoms with Crippen LogP contribution in [-0.2, 0) is 5.41 Å². The van der Waals surface area contributed by atoms with Crippen molar-refractivity contribution in [3.05, 3.63) is 59.2 Å². The van der Waals surface area contributed by atoms with Crippen LogP contribution in [0.3, 0.4) is 0 Å². The first kappa shape index (κ1) is 21.4. The number of rotatable bonds is 4. The lowest BCUT2D eigenvalue weighted by atomic mass is 9.87. The summed E-state index contributed by atoms with van der Waals surface area (Å²) in [5, 5.41) is 0. The van der Waals surface area contributed by atoms with Gasteiger partial charge in [-0.05, 0) is 37.0 Å². The van der Waals surface area contributed by atoms with Crippen molar-refractivity contribution in [1.29, 1.82) is 0 Å².